The summed E-state index contributed by atoms with van der Waals surface area (Å²) in [6.07, 6.45) is 3.75. The second kappa shape index (κ2) is 3.95. The van der Waals surface area contributed by atoms with E-state index in [9.17, 15) is 0 Å². The fraction of sp³-hybridized carbons (Fsp3) is 0.583. The van der Waals surface area contributed by atoms with Crippen LogP contribution in [0.3, 0.4) is 0 Å². The number of hydrogen-bond donors (Lipinski definition) is 0. The summed E-state index contributed by atoms with van der Waals surface area (Å²) in [6.45, 7) is 4.24. The Kier molecular flexibility index (Phi) is 2.54. The SMILES string of the molecule is Cc1nc(Cl)cc2nnc(C3CCCC3C)n12. The first-order valence-electron chi connectivity index (χ1n) is 6.05. The number of halogens is 1. The zero-order chi connectivity index (χ0) is 12.0. The molecule has 2 heterocycles. The lowest BCUT2D eigenvalue weighted by Crippen LogP contribution is -2.09. The summed E-state index contributed by atoms with van der Waals surface area (Å²) in [7, 11) is 0. The average Bonchev–Trinajstić information content (AvgIpc) is 2.83. The van der Waals surface area contributed by atoms with Crippen LogP contribution < -0.4 is 0 Å². The normalized spacial score (nSPS) is 24.6. The van der Waals surface area contributed by atoms with Crippen molar-refractivity contribution < 1.29 is 0 Å². The molecular weight excluding hydrogens is 236 g/mol. The molecule has 2 atom stereocenters. The van der Waals surface area contributed by atoms with Crippen LogP contribution in [0.25, 0.3) is 5.65 Å². The molecule has 0 radical (unpaired) electrons. The molecule has 5 heteroatoms. The number of fused-ring (bicyclic) bond motifs is 1. The second-order valence-electron chi connectivity index (χ2n) is 4.89. The highest BCUT2D eigenvalue weighted by atomic mass is 35.5. The first-order valence-corrected chi connectivity index (χ1v) is 6.43. The summed E-state index contributed by atoms with van der Waals surface area (Å²) in [4.78, 5) is 4.28. The minimum atomic E-state index is 0.480. The zero-order valence-corrected chi connectivity index (χ0v) is 10.8. The van der Waals surface area contributed by atoms with Crippen LogP contribution >= 0.6 is 11.6 Å². The topological polar surface area (TPSA) is 43.1 Å². The van der Waals surface area contributed by atoms with Crippen LogP contribution in [0.4, 0.5) is 0 Å². The van der Waals surface area contributed by atoms with Crippen molar-refractivity contribution in [2.75, 3.05) is 0 Å². The van der Waals surface area contributed by atoms with Crippen molar-refractivity contribution in [3.8, 4) is 0 Å². The van der Waals surface area contributed by atoms with Crippen molar-refractivity contribution in [2.45, 2.75) is 39.0 Å². The molecule has 0 N–H and O–H groups in total. The number of nitrogens with zero attached hydrogens (tertiary/aromatic N) is 4. The Bertz CT molecular complexity index is 563. The summed E-state index contributed by atoms with van der Waals surface area (Å²) in [5.74, 6) is 3.10. The molecule has 4 nitrogen and oxygen atoms in total. The number of aryl methyl sites for hydroxylation is 1. The second-order valence-corrected chi connectivity index (χ2v) is 5.28. The third-order valence-electron chi connectivity index (χ3n) is 3.75. The van der Waals surface area contributed by atoms with Gasteiger partial charge in [-0.25, -0.2) is 4.98 Å². The highest BCUT2D eigenvalue weighted by Crippen LogP contribution is 2.38. The number of hydrogen-bond acceptors (Lipinski definition) is 3. The standard InChI is InChI=1S/C12H15ClN4/c1-7-4-3-5-9(7)12-16-15-11-6-10(13)14-8(2)17(11)12/h6-7,9H,3-5H2,1-2H3. The predicted octanol–water partition coefficient (Wildman–Crippen LogP) is 2.99. The number of aromatic nitrogens is 4. The molecule has 0 saturated heterocycles. The van der Waals surface area contributed by atoms with Crippen LogP contribution in [0.15, 0.2) is 6.07 Å². The maximum absolute atomic E-state index is 5.93. The molecule has 1 aliphatic carbocycles. The van der Waals surface area contributed by atoms with Crippen LogP contribution in [0.5, 0.6) is 0 Å². The van der Waals surface area contributed by atoms with Crippen LogP contribution in [0.1, 0.15) is 43.8 Å². The Balaban J connectivity index is 2.17. The van der Waals surface area contributed by atoms with Gasteiger partial charge in [-0.1, -0.05) is 24.9 Å². The van der Waals surface area contributed by atoms with Crippen molar-refractivity contribution in [1.82, 2.24) is 19.6 Å². The largest absolute Gasteiger partial charge is 0.266 e. The van der Waals surface area contributed by atoms with Gasteiger partial charge in [0.25, 0.3) is 0 Å². The molecule has 0 aromatic carbocycles. The smallest absolute Gasteiger partial charge is 0.165 e. The monoisotopic (exact) mass is 250 g/mol. The lowest BCUT2D eigenvalue weighted by molar-refractivity contribution is 0.504. The zero-order valence-electron chi connectivity index (χ0n) is 10.0. The van der Waals surface area contributed by atoms with E-state index in [0.717, 1.165) is 17.3 Å². The molecule has 1 saturated carbocycles. The van der Waals surface area contributed by atoms with E-state index in [1.165, 1.54) is 19.3 Å². The molecule has 0 bridgehead atoms. The van der Waals surface area contributed by atoms with Crippen LogP contribution in [-0.4, -0.2) is 19.6 Å². The predicted molar refractivity (Wildman–Crippen MR) is 66.3 cm³/mol. The van der Waals surface area contributed by atoms with E-state index in [1.807, 2.05) is 11.3 Å². The van der Waals surface area contributed by atoms with Crippen LogP contribution in [-0.2, 0) is 0 Å². The van der Waals surface area contributed by atoms with Gasteiger partial charge in [0, 0.05) is 12.0 Å². The van der Waals surface area contributed by atoms with E-state index in [2.05, 4.69) is 22.1 Å². The molecule has 90 valence electrons. The van der Waals surface area contributed by atoms with Gasteiger partial charge < -0.3 is 0 Å². The summed E-state index contributed by atoms with van der Waals surface area (Å²) >= 11 is 5.93. The first kappa shape index (κ1) is 11.0. The van der Waals surface area contributed by atoms with Crippen molar-refractivity contribution in [3.05, 3.63) is 22.9 Å². The van der Waals surface area contributed by atoms with Gasteiger partial charge in [-0.15, -0.1) is 10.2 Å². The van der Waals surface area contributed by atoms with Crippen molar-refractivity contribution in [3.63, 3.8) is 0 Å². The molecule has 2 aromatic heterocycles. The van der Waals surface area contributed by atoms with Gasteiger partial charge in [0.2, 0.25) is 0 Å². The van der Waals surface area contributed by atoms with Crippen LogP contribution in [0.2, 0.25) is 5.15 Å². The molecular formula is C12H15ClN4. The lowest BCUT2D eigenvalue weighted by atomic mass is 9.97. The summed E-state index contributed by atoms with van der Waals surface area (Å²) in [5, 5.41) is 9.03. The van der Waals surface area contributed by atoms with Crippen molar-refractivity contribution >= 4 is 17.2 Å². The Morgan fingerprint density at radius 3 is 2.88 bits per heavy atom. The third kappa shape index (κ3) is 1.71. The van der Waals surface area contributed by atoms with E-state index < -0.39 is 0 Å². The van der Waals surface area contributed by atoms with Gasteiger partial charge >= 0.3 is 0 Å². The Morgan fingerprint density at radius 1 is 1.35 bits per heavy atom. The van der Waals surface area contributed by atoms with Gasteiger partial charge in [-0.05, 0) is 25.7 Å². The van der Waals surface area contributed by atoms with E-state index in [4.69, 9.17) is 11.6 Å². The molecule has 0 amide bonds. The Hall–Kier alpha value is -1.16. The first-order chi connectivity index (χ1) is 8.16. The van der Waals surface area contributed by atoms with Gasteiger partial charge in [-0.3, -0.25) is 4.40 Å². The van der Waals surface area contributed by atoms with Crippen molar-refractivity contribution in [1.29, 1.82) is 0 Å². The van der Waals surface area contributed by atoms with Gasteiger partial charge in [0.1, 0.15) is 16.8 Å². The average molecular weight is 251 g/mol. The Labute approximate surface area is 105 Å². The fourth-order valence-corrected chi connectivity index (χ4v) is 3.07. The van der Waals surface area contributed by atoms with E-state index in [-0.39, 0.29) is 0 Å². The molecule has 3 rings (SSSR count). The highest BCUT2D eigenvalue weighted by molar-refractivity contribution is 6.29. The molecule has 1 aliphatic rings. The van der Waals surface area contributed by atoms with Crippen LogP contribution in [0, 0.1) is 12.8 Å². The highest BCUT2D eigenvalue weighted by Gasteiger charge is 2.29. The summed E-state index contributed by atoms with van der Waals surface area (Å²) in [6, 6.07) is 1.77. The minimum Gasteiger partial charge on any atom is -0.266 e. The summed E-state index contributed by atoms with van der Waals surface area (Å²) in [5.41, 5.74) is 0.802. The van der Waals surface area contributed by atoms with E-state index >= 15 is 0 Å². The van der Waals surface area contributed by atoms with Gasteiger partial charge in [0.15, 0.2) is 5.65 Å². The number of rotatable bonds is 1. The maximum Gasteiger partial charge on any atom is 0.165 e. The van der Waals surface area contributed by atoms with Gasteiger partial charge in [0.05, 0.1) is 0 Å². The molecule has 0 aliphatic heterocycles. The molecule has 0 spiro atoms. The third-order valence-corrected chi connectivity index (χ3v) is 3.94. The van der Waals surface area contributed by atoms with E-state index in [0.29, 0.717) is 17.0 Å². The Morgan fingerprint density at radius 2 is 2.18 bits per heavy atom. The minimum absolute atomic E-state index is 0.480. The maximum atomic E-state index is 5.93. The quantitative estimate of drug-likeness (QED) is 0.731. The van der Waals surface area contributed by atoms with Crippen molar-refractivity contribution in [2.24, 2.45) is 5.92 Å². The van der Waals surface area contributed by atoms with E-state index in [1.54, 1.807) is 6.07 Å². The lowest BCUT2D eigenvalue weighted by Gasteiger charge is -2.13. The molecule has 2 aromatic rings. The fourth-order valence-electron chi connectivity index (χ4n) is 2.85. The molecule has 1 fully saturated rings. The van der Waals surface area contributed by atoms with Gasteiger partial charge in [-0.2, -0.15) is 0 Å². The summed E-state index contributed by atoms with van der Waals surface area (Å²) < 4.78 is 2.04. The molecule has 2 unspecified atom stereocenters. The molecule has 17 heavy (non-hydrogen) atoms.